The van der Waals surface area contributed by atoms with Crippen LogP contribution in [-0.4, -0.2) is 55.5 Å². The molecule has 1 heterocycles. The highest BCUT2D eigenvalue weighted by Crippen LogP contribution is 2.29. The smallest absolute Gasteiger partial charge is 0.238 e. The van der Waals surface area contributed by atoms with Gasteiger partial charge in [-0.15, -0.1) is 0 Å². The number of benzene rings is 2. The number of piperazine rings is 1. The monoisotopic (exact) mass is 421 g/mol. The SMILES string of the molecule is COc1ccc(Cl)cc1NC(=O)CN1CCN(C(C)c2ccccc2Cl)CC1. The molecule has 7 heteroatoms. The number of halogens is 2. The maximum atomic E-state index is 12.5. The molecule has 1 N–H and O–H groups in total. The maximum Gasteiger partial charge on any atom is 0.238 e. The lowest BCUT2D eigenvalue weighted by Crippen LogP contribution is -2.49. The van der Waals surface area contributed by atoms with Crippen molar-refractivity contribution in [1.29, 1.82) is 0 Å². The minimum atomic E-state index is -0.0758. The average Bonchev–Trinajstić information content (AvgIpc) is 2.68. The number of carbonyl (C=O) groups excluding carboxylic acids is 1. The zero-order chi connectivity index (χ0) is 20.1. The summed E-state index contributed by atoms with van der Waals surface area (Å²) in [6.45, 7) is 5.95. The molecule has 1 atom stereocenters. The first-order chi connectivity index (χ1) is 13.5. The van der Waals surface area contributed by atoms with E-state index in [4.69, 9.17) is 27.9 Å². The Morgan fingerprint density at radius 1 is 1.14 bits per heavy atom. The van der Waals surface area contributed by atoms with E-state index in [0.29, 0.717) is 23.0 Å². The number of anilines is 1. The van der Waals surface area contributed by atoms with Gasteiger partial charge in [-0.2, -0.15) is 0 Å². The highest BCUT2D eigenvalue weighted by atomic mass is 35.5. The molecule has 150 valence electrons. The summed E-state index contributed by atoms with van der Waals surface area (Å²) < 4.78 is 5.28. The maximum absolute atomic E-state index is 12.5. The highest BCUT2D eigenvalue weighted by molar-refractivity contribution is 6.31. The second-order valence-electron chi connectivity index (χ2n) is 6.90. The Bertz CT molecular complexity index is 823. The van der Waals surface area contributed by atoms with E-state index < -0.39 is 0 Å². The molecule has 2 aromatic carbocycles. The highest BCUT2D eigenvalue weighted by Gasteiger charge is 2.24. The van der Waals surface area contributed by atoms with Crippen LogP contribution >= 0.6 is 23.2 Å². The molecule has 1 fully saturated rings. The van der Waals surface area contributed by atoms with Gasteiger partial charge in [-0.3, -0.25) is 14.6 Å². The van der Waals surface area contributed by atoms with Crippen molar-refractivity contribution in [2.75, 3.05) is 45.2 Å². The van der Waals surface area contributed by atoms with E-state index in [1.54, 1.807) is 25.3 Å². The van der Waals surface area contributed by atoms with Crippen molar-refractivity contribution in [3.05, 3.63) is 58.1 Å². The molecule has 1 unspecified atom stereocenters. The Balaban J connectivity index is 1.52. The molecule has 0 spiro atoms. The fourth-order valence-electron chi connectivity index (χ4n) is 3.49. The van der Waals surface area contributed by atoms with Crippen molar-refractivity contribution in [2.24, 2.45) is 0 Å². The van der Waals surface area contributed by atoms with Crippen LogP contribution in [0.2, 0.25) is 10.0 Å². The minimum Gasteiger partial charge on any atom is -0.495 e. The molecule has 28 heavy (non-hydrogen) atoms. The van der Waals surface area contributed by atoms with E-state index in [9.17, 15) is 4.79 Å². The zero-order valence-electron chi connectivity index (χ0n) is 16.1. The molecular weight excluding hydrogens is 397 g/mol. The number of ether oxygens (including phenoxy) is 1. The van der Waals surface area contributed by atoms with Gasteiger partial charge >= 0.3 is 0 Å². The van der Waals surface area contributed by atoms with Gasteiger partial charge in [0.2, 0.25) is 5.91 Å². The van der Waals surface area contributed by atoms with E-state index in [0.717, 1.165) is 36.8 Å². The predicted octanol–water partition coefficient (Wildman–Crippen LogP) is 4.32. The second kappa shape index (κ2) is 9.61. The predicted molar refractivity (Wildman–Crippen MR) is 115 cm³/mol. The van der Waals surface area contributed by atoms with Crippen LogP contribution in [-0.2, 0) is 4.79 Å². The third-order valence-corrected chi connectivity index (χ3v) is 5.69. The van der Waals surface area contributed by atoms with Gasteiger partial charge in [0.25, 0.3) is 0 Å². The summed E-state index contributed by atoms with van der Waals surface area (Å²) >= 11 is 12.4. The van der Waals surface area contributed by atoms with E-state index in [2.05, 4.69) is 28.1 Å². The van der Waals surface area contributed by atoms with Gasteiger partial charge in [-0.25, -0.2) is 0 Å². The number of hydrogen-bond donors (Lipinski definition) is 1. The molecule has 0 aromatic heterocycles. The molecule has 2 aromatic rings. The molecule has 0 aliphatic carbocycles. The van der Waals surface area contributed by atoms with Crippen LogP contribution in [0.5, 0.6) is 5.75 Å². The van der Waals surface area contributed by atoms with Gasteiger partial charge in [0.1, 0.15) is 5.75 Å². The lowest BCUT2D eigenvalue weighted by Gasteiger charge is -2.38. The summed E-state index contributed by atoms with van der Waals surface area (Å²) in [5.41, 5.74) is 1.73. The number of hydrogen-bond acceptors (Lipinski definition) is 4. The van der Waals surface area contributed by atoms with Crippen LogP contribution < -0.4 is 10.1 Å². The van der Waals surface area contributed by atoms with Crippen molar-refractivity contribution in [2.45, 2.75) is 13.0 Å². The van der Waals surface area contributed by atoms with Crippen molar-refractivity contribution in [3.8, 4) is 5.75 Å². The van der Waals surface area contributed by atoms with Crippen molar-refractivity contribution in [3.63, 3.8) is 0 Å². The lowest BCUT2D eigenvalue weighted by atomic mass is 10.1. The standard InChI is InChI=1S/C21H25Cl2N3O2/c1-15(17-5-3-4-6-18(17)23)26-11-9-25(10-12-26)14-21(27)24-19-13-16(22)7-8-20(19)28-2/h3-8,13,15H,9-12,14H2,1-2H3,(H,24,27). The van der Waals surface area contributed by atoms with Crippen LogP contribution in [0.4, 0.5) is 5.69 Å². The Morgan fingerprint density at radius 2 is 1.86 bits per heavy atom. The van der Waals surface area contributed by atoms with Gasteiger partial charge in [-0.05, 0) is 36.8 Å². The van der Waals surface area contributed by atoms with E-state index in [1.165, 1.54) is 0 Å². The summed E-state index contributed by atoms with van der Waals surface area (Å²) in [6, 6.07) is 13.4. The van der Waals surface area contributed by atoms with E-state index in [1.807, 2.05) is 18.2 Å². The van der Waals surface area contributed by atoms with Crippen LogP contribution in [0.1, 0.15) is 18.5 Å². The largest absolute Gasteiger partial charge is 0.495 e. The van der Waals surface area contributed by atoms with Crippen LogP contribution in [0.3, 0.4) is 0 Å². The van der Waals surface area contributed by atoms with E-state index >= 15 is 0 Å². The molecule has 1 aliphatic heterocycles. The van der Waals surface area contributed by atoms with Crippen LogP contribution in [0.15, 0.2) is 42.5 Å². The molecule has 1 saturated heterocycles. The third-order valence-electron chi connectivity index (χ3n) is 5.11. The van der Waals surface area contributed by atoms with Crippen LogP contribution in [0.25, 0.3) is 0 Å². The normalized spacial score (nSPS) is 16.6. The first kappa shape index (κ1) is 20.9. The van der Waals surface area contributed by atoms with Crippen molar-refractivity contribution >= 4 is 34.8 Å². The zero-order valence-corrected chi connectivity index (χ0v) is 17.6. The Hall–Kier alpha value is -1.79. The second-order valence-corrected chi connectivity index (χ2v) is 7.75. The Kier molecular flexibility index (Phi) is 7.18. The summed E-state index contributed by atoms with van der Waals surface area (Å²) in [6.07, 6.45) is 0. The van der Waals surface area contributed by atoms with Gasteiger partial charge in [0.15, 0.2) is 0 Å². The first-order valence-electron chi connectivity index (χ1n) is 9.32. The number of carbonyl (C=O) groups is 1. The fraction of sp³-hybridized carbons (Fsp3) is 0.381. The first-order valence-corrected chi connectivity index (χ1v) is 10.1. The molecule has 1 aliphatic rings. The molecule has 1 amide bonds. The molecule has 5 nitrogen and oxygen atoms in total. The Morgan fingerprint density at radius 3 is 2.54 bits per heavy atom. The number of nitrogens with one attached hydrogen (secondary N) is 1. The minimum absolute atomic E-state index is 0.0758. The molecule has 0 saturated carbocycles. The van der Waals surface area contributed by atoms with E-state index in [-0.39, 0.29) is 11.9 Å². The topological polar surface area (TPSA) is 44.8 Å². The fourth-order valence-corrected chi connectivity index (χ4v) is 3.96. The third kappa shape index (κ3) is 5.17. The average molecular weight is 422 g/mol. The molecule has 0 radical (unpaired) electrons. The Labute approximate surface area is 176 Å². The van der Waals surface area contributed by atoms with Crippen molar-refractivity contribution < 1.29 is 9.53 Å². The lowest BCUT2D eigenvalue weighted by molar-refractivity contribution is -0.117. The number of amides is 1. The molecule has 3 rings (SSSR count). The van der Waals surface area contributed by atoms with Crippen LogP contribution in [0, 0.1) is 0 Å². The summed E-state index contributed by atoms with van der Waals surface area (Å²) in [4.78, 5) is 17.0. The number of nitrogens with zero attached hydrogens (tertiary/aromatic N) is 2. The summed E-state index contributed by atoms with van der Waals surface area (Å²) in [7, 11) is 1.57. The van der Waals surface area contributed by atoms with Gasteiger partial charge < -0.3 is 10.1 Å². The molecular formula is C21H25Cl2N3O2. The van der Waals surface area contributed by atoms with Crippen molar-refractivity contribution in [1.82, 2.24) is 9.80 Å². The van der Waals surface area contributed by atoms with Gasteiger partial charge in [0, 0.05) is 42.3 Å². The van der Waals surface area contributed by atoms with Gasteiger partial charge in [0.05, 0.1) is 19.3 Å². The summed E-state index contributed by atoms with van der Waals surface area (Å²) in [5.74, 6) is 0.518. The van der Waals surface area contributed by atoms with Gasteiger partial charge in [-0.1, -0.05) is 41.4 Å². The number of methoxy groups -OCH3 is 1. The molecule has 0 bridgehead atoms. The number of rotatable bonds is 6. The summed E-state index contributed by atoms with van der Waals surface area (Å²) in [5, 5.41) is 4.25. The quantitative estimate of drug-likeness (QED) is 0.753.